The van der Waals surface area contributed by atoms with Crippen molar-refractivity contribution in [2.24, 2.45) is 5.41 Å². The highest BCUT2D eigenvalue weighted by Gasteiger charge is 2.50. The molecular weight excluding hydrogens is 344 g/mol. The van der Waals surface area contributed by atoms with Crippen LogP contribution in [0.3, 0.4) is 0 Å². The minimum Gasteiger partial charge on any atom is -0.493 e. The Morgan fingerprint density at radius 3 is 2.81 bits per heavy atom. The number of hydrogen-bond donors (Lipinski definition) is 1. The molecule has 0 saturated carbocycles. The van der Waals surface area contributed by atoms with Crippen LogP contribution in [0.2, 0.25) is 0 Å². The molecule has 0 spiro atoms. The van der Waals surface area contributed by atoms with Crippen molar-refractivity contribution >= 4 is 11.1 Å². The van der Waals surface area contributed by atoms with Crippen molar-refractivity contribution < 1.29 is 14.3 Å². The van der Waals surface area contributed by atoms with Crippen molar-refractivity contribution in [3.8, 4) is 5.75 Å². The number of aliphatic hydroxyl groups is 1. The Balaban J connectivity index is 1.39. The molecule has 2 aliphatic rings. The number of hydrogen-bond acceptors (Lipinski definition) is 5. The van der Waals surface area contributed by atoms with Gasteiger partial charge in [-0.2, -0.15) is 0 Å². The molecular formula is C21H22N2O4. The van der Waals surface area contributed by atoms with Gasteiger partial charge in [0, 0.05) is 37.5 Å². The summed E-state index contributed by atoms with van der Waals surface area (Å²) in [4.78, 5) is 14.5. The van der Waals surface area contributed by atoms with Gasteiger partial charge >= 0.3 is 5.76 Å². The van der Waals surface area contributed by atoms with Crippen LogP contribution in [0, 0.1) is 5.41 Å². The van der Waals surface area contributed by atoms with E-state index in [-0.39, 0.29) is 23.7 Å². The Hall–Kier alpha value is -2.57. The molecule has 3 aromatic rings. The van der Waals surface area contributed by atoms with Gasteiger partial charge in [0.05, 0.1) is 18.7 Å². The normalized spacial score (nSPS) is 24.6. The third-order valence-corrected chi connectivity index (χ3v) is 6.06. The first-order valence-electron chi connectivity index (χ1n) is 9.33. The van der Waals surface area contributed by atoms with E-state index < -0.39 is 0 Å². The number of benzene rings is 2. The summed E-state index contributed by atoms with van der Waals surface area (Å²) >= 11 is 0. The minimum absolute atomic E-state index is 0.0943. The Kier molecular flexibility index (Phi) is 3.84. The predicted molar refractivity (Wildman–Crippen MR) is 101 cm³/mol. The first-order valence-corrected chi connectivity index (χ1v) is 9.33. The lowest BCUT2D eigenvalue weighted by Crippen LogP contribution is -2.42. The molecule has 6 nitrogen and oxygen atoms in total. The van der Waals surface area contributed by atoms with Gasteiger partial charge in [-0.15, -0.1) is 0 Å². The molecule has 140 valence electrons. The number of fused-ring (bicyclic) bond motifs is 4. The highest BCUT2D eigenvalue weighted by molar-refractivity contribution is 5.72. The molecule has 0 unspecified atom stereocenters. The highest BCUT2D eigenvalue weighted by Crippen LogP contribution is 2.49. The van der Waals surface area contributed by atoms with E-state index in [0.717, 1.165) is 30.9 Å². The van der Waals surface area contributed by atoms with Gasteiger partial charge in [0.15, 0.2) is 5.58 Å². The second-order valence-electron chi connectivity index (χ2n) is 7.62. The second kappa shape index (κ2) is 6.25. The van der Waals surface area contributed by atoms with Crippen molar-refractivity contribution in [3.05, 3.63) is 64.6 Å². The van der Waals surface area contributed by atoms with Crippen LogP contribution in [0.5, 0.6) is 5.75 Å². The zero-order valence-corrected chi connectivity index (χ0v) is 15.0. The van der Waals surface area contributed by atoms with Crippen molar-refractivity contribution in [3.63, 3.8) is 0 Å². The summed E-state index contributed by atoms with van der Waals surface area (Å²) in [6.07, 6.45) is 0. The van der Waals surface area contributed by atoms with Gasteiger partial charge in [0.1, 0.15) is 5.75 Å². The van der Waals surface area contributed by atoms with E-state index in [9.17, 15) is 9.90 Å². The molecule has 2 atom stereocenters. The Bertz CT molecular complexity index is 1040. The topological polar surface area (TPSA) is 67.8 Å². The Morgan fingerprint density at radius 1 is 1.11 bits per heavy atom. The first-order chi connectivity index (χ1) is 13.2. The lowest BCUT2D eigenvalue weighted by Gasteiger charge is -2.38. The van der Waals surface area contributed by atoms with Gasteiger partial charge in [-0.05, 0) is 23.8 Å². The molecule has 6 heteroatoms. The third-order valence-electron chi connectivity index (χ3n) is 6.06. The number of rotatable bonds is 4. The smallest absolute Gasteiger partial charge is 0.419 e. The van der Waals surface area contributed by atoms with Gasteiger partial charge in [0.2, 0.25) is 0 Å². The average molecular weight is 366 g/mol. The van der Waals surface area contributed by atoms with E-state index in [1.807, 2.05) is 42.5 Å². The fourth-order valence-corrected chi connectivity index (χ4v) is 4.61. The molecule has 0 amide bonds. The van der Waals surface area contributed by atoms with E-state index in [4.69, 9.17) is 9.15 Å². The van der Waals surface area contributed by atoms with Crippen molar-refractivity contribution in [2.45, 2.75) is 12.5 Å². The van der Waals surface area contributed by atoms with E-state index in [1.54, 1.807) is 4.57 Å². The number of aliphatic hydroxyl groups excluding tert-OH is 1. The minimum atomic E-state index is -0.321. The predicted octanol–water partition coefficient (Wildman–Crippen LogP) is 2.06. The van der Waals surface area contributed by atoms with E-state index in [0.29, 0.717) is 18.7 Å². The molecule has 2 aliphatic heterocycles. The summed E-state index contributed by atoms with van der Waals surface area (Å²) in [5, 5.41) is 10.2. The Labute approximate surface area is 156 Å². The zero-order valence-electron chi connectivity index (χ0n) is 15.0. The quantitative estimate of drug-likeness (QED) is 0.766. The lowest BCUT2D eigenvalue weighted by atomic mass is 9.74. The maximum atomic E-state index is 12.2. The summed E-state index contributed by atoms with van der Waals surface area (Å²) in [5.74, 6) is 0.842. The SMILES string of the molecule is O=c1oc2ccccc2n1CCN1C[C@@H]2c3ccccc3OC[C@]2(CO)C1. The summed E-state index contributed by atoms with van der Waals surface area (Å²) < 4.78 is 13.0. The van der Waals surface area contributed by atoms with Crippen LogP contribution >= 0.6 is 0 Å². The van der Waals surface area contributed by atoms with Gasteiger partial charge < -0.3 is 19.2 Å². The molecule has 1 fully saturated rings. The zero-order chi connectivity index (χ0) is 18.4. The standard InChI is InChI=1S/C21H22N2O4/c24-13-21-12-22(11-16(21)15-5-1-3-7-18(15)26-14-21)9-10-23-17-6-2-4-8-19(17)27-20(23)25/h1-8,16,24H,9-14H2/t16-,21-/m1/s1. The van der Waals surface area contributed by atoms with Gasteiger partial charge in [-0.25, -0.2) is 4.79 Å². The lowest BCUT2D eigenvalue weighted by molar-refractivity contribution is 0.0460. The maximum absolute atomic E-state index is 12.2. The molecule has 2 aromatic carbocycles. The number of ether oxygens (including phenoxy) is 1. The fourth-order valence-electron chi connectivity index (χ4n) is 4.61. The molecule has 5 rings (SSSR count). The van der Waals surface area contributed by atoms with Crippen molar-refractivity contribution in [1.29, 1.82) is 0 Å². The molecule has 1 N–H and O–H groups in total. The third kappa shape index (κ3) is 2.59. The molecule has 1 aromatic heterocycles. The van der Waals surface area contributed by atoms with Crippen LogP contribution in [0.4, 0.5) is 0 Å². The highest BCUT2D eigenvalue weighted by atomic mass is 16.5. The summed E-state index contributed by atoms with van der Waals surface area (Å²) in [6.45, 7) is 3.52. The molecule has 0 bridgehead atoms. The molecule has 0 aliphatic carbocycles. The van der Waals surface area contributed by atoms with Crippen LogP contribution in [0.15, 0.2) is 57.7 Å². The number of likely N-dealkylation sites (tertiary alicyclic amines) is 1. The van der Waals surface area contributed by atoms with Gasteiger partial charge in [-0.3, -0.25) is 4.57 Å². The second-order valence-corrected chi connectivity index (χ2v) is 7.62. The number of aromatic nitrogens is 1. The monoisotopic (exact) mass is 366 g/mol. The van der Waals surface area contributed by atoms with Crippen molar-refractivity contribution in [1.82, 2.24) is 9.47 Å². The van der Waals surface area contributed by atoms with E-state index in [2.05, 4.69) is 11.0 Å². The van der Waals surface area contributed by atoms with E-state index >= 15 is 0 Å². The van der Waals surface area contributed by atoms with Crippen LogP contribution in [0.1, 0.15) is 11.5 Å². The van der Waals surface area contributed by atoms with Crippen LogP contribution in [-0.4, -0.2) is 47.4 Å². The fraction of sp³-hybridized carbons (Fsp3) is 0.381. The van der Waals surface area contributed by atoms with Crippen LogP contribution < -0.4 is 10.5 Å². The number of oxazole rings is 1. The van der Waals surface area contributed by atoms with Crippen molar-refractivity contribution in [2.75, 3.05) is 32.8 Å². The molecule has 27 heavy (non-hydrogen) atoms. The maximum Gasteiger partial charge on any atom is 0.419 e. The molecule has 1 saturated heterocycles. The largest absolute Gasteiger partial charge is 0.493 e. The van der Waals surface area contributed by atoms with Crippen LogP contribution in [-0.2, 0) is 6.54 Å². The molecule has 0 radical (unpaired) electrons. The van der Waals surface area contributed by atoms with Gasteiger partial charge in [-0.1, -0.05) is 30.3 Å². The van der Waals surface area contributed by atoms with Gasteiger partial charge in [0.25, 0.3) is 0 Å². The summed E-state index contributed by atoms with van der Waals surface area (Å²) in [6, 6.07) is 15.6. The van der Waals surface area contributed by atoms with E-state index in [1.165, 1.54) is 5.56 Å². The summed E-state index contributed by atoms with van der Waals surface area (Å²) in [7, 11) is 0. The van der Waals surface area contributed by atoms with Crippen LogP contribution in [0.25, 0.3) is 11.1 Å². The Morgan fingerprint density at radius 2 is 1.93 bits per heavy atom. The number of para-hydroxylation sites is 3. The summed E-state index contributed by atoms with van der Waals surface area (Å²) in [5.41, 5.74) is 2.33. The average Bonchev–Trinajstić information content (AvgIpc) is 3.24. The first kappa shape index (κ1) is 16.6. The number of nitrogens with zero attached hydrogens (tertiary/aromatic N) is 2. The molecule has 3 heterocycles.